The van der Waals surface area contributed by atoms with Crippen LogP contribution >= 0.6 is 0 Å². The Morgan fingerprint density at radius 2 is 2.05 bits per heavy atom. The first kappa shape index (κ1) is 14.6. The third kappa shape index (κ3) is 2.10. The average molecular weight is 327 g/mol. The van der Waals surface area contributed by atoms with Gasteiger partial charge in [0.25, 0.3) is 0 Å². The maximum absolute atomic E-state index is 12.5. The zero-order valence-electron chi connectivity index (χ0n) is 10.7. The molecule has 0 saturated carbocycles. The third-order valence-corrected chi connectivity index (χ3v) is 5.31. The monoisotopic (exact) mass is 327 g/mol. The number of fused-ring (bicyclic) bond motifs is 1. The number of aliphatic hydroxyl groups is 1. The zero-order chi connectivity index (χ0) is 15.5. The van der Waals surface area contributed by atoms with E-state index < -0.39 is 34.9 Å². The largest absolute Gasteiger partial charge is 0.477 e. The number of nitrogens with zero attached hydrogens (tertiary/aromatic N) is 3. The Labute approximate surface area is 118 Å². The Morgan fingerprint density at radius 1 is 1.38 bits per heavy atom. The van der Waals surface area contributed by atoms with Gasteiger partial charge in [0.2, 0.25) is 15.9 Å². The van der Waals surface area contributed by atoms with Crippen LogP contribution in [0.5, 0.6) is 5.88 Å². The molecule has 0 radical (unpaired) electrons. The lowest BCUT2D eigenvalue weighted by Gasteiger charge is -2.45. The fourth-order valence-electron chi connectivity index (χ4n) is 2.25. The average Bonchev–Trinajstić information content (AvgIpc) is 2.77. The third-order valence-electron chi connectivity index (χ3n) is 3.53. The van der Waals surface area contributed by atoms with Gasteiger partial charge in [-0.15, -0.1) is 0 Å². The van der Waals surface area contributed by atoms with Crippen molar-refractivity contribution in [1.82, 2.24) is 14.1 Å². The van der Waals surface area contributed by atoms with Gasteiger partial charge in [-0.25, -0.2) is 13.1 Å². The van der Waals surface area contributed by atoms with Gasteiger partial charge in [0.15, 0.2) is 10.5 Å². The van der Waals surface area contributed by atoms with Gasteiger partial charge in [-0.05, 0) is 0 Å². The molecule has 1 fully saturated rings. The molecule has 0 bridgehead atoms. The molecule has 0 aromatic carbocycles. The lowest BCUT2D eigenvalue weighted by molar-refractivity contribution is -0.290. The first-order chi connectivity index (χ1) is 9.65. The van der Waals surface area contributed by atoms with Crippen LogP contribution in [0.15, 0.2) is 11.1 Å². The number of rotatable bonds is 2. The van der Waals surface area contributed by atoms with Crippen LogP contribution in [-0.4, -0.2) is 59.1 Å². The van der Waals surface area contributed by atoms with Crippen LogP contribution in [-0.2, 0) is 16.6 Å². The Hall–Kier alpha value is -1.33. The second-order valence-electron chi connectivity index (χ2n) is 5.04. The van der Waals surface area contributed by atoms with Gasteiger partial charge in [0.05, 0.1) is 25.9 Å². The zero-order valence-corrected chi connectivity index (χ0v) is 11.5. The molecule has 0 atom stereocenters. The van der Waals surface area contributed by atoms with Crippen molar-refractivity contribution >= 4 is 10.0 Å². The summed E-state index contributed by atoms with van der Waals surface area (Å²) in [5, 5.41) is 13.2. The van der Waals surface area contributed by atoms with Gasteiger partial charge in [-0.1, -0.05) is 0 Å². The highest BCUT2D eigenvalue weighted by molar-refractivity contribution is 7.89. The molecule has 1 aromatic heterocycles. The molecule has 11 heteroatoms. The highest BCUT2D eigenvalue weighted by Gasteiger charge is 2.63. The minimum absolute atomic E-state index is 0.0312. The summed E-state index contributed by atoms with van der Waals surface area (Å²) in [5.41, 5.74) is -2.99. The Balaban J connectivity index is 1.85. The molecule has 21 heavy (non-hydrogen) atoms. The summed E-state index contributed by atoms with van der Waals surface area (Å²) in [7, 11) is -4.17. The van der Waals surface area contributed by atoms with Crippen molar-refractivity contribution in [1.29, 1.82) is 0 Å². The highest BCUT2D eigenvalue weighted by atomic mass is 32.2. The molecule has 0 unspecified atom stereocenters. The van der Waals surface area contributed by atoms with Gasteiger partial charge in [0.1, 0.15) is 0 Å². The van der Waals surface area contributed by atoms with Crippen molar-refractivity contribution < 1.29 is 31.4 Å². The Bertz CT molecular complexity index is 664. The van der Waals surface area contributed by atoms with Crippen LogP contribution in [0, 0.1) is 0 Å². The fraction of sp³-hybridized carbons (Fsp3) is 0.700. The number of hydrogen-bond donors (Lipinski definition) is 1. The van der Waals surface area contributed by atoms with Crippen molar-refractivity contribution in [3.8, 4) is 5.88 Å². The van der Waals surface area contributed by atoms with E-state index in [4.69, 9.17) is 4.74 Å². The molecule has 1 N–H and O–H groups in total. The van der Waals surface area contributed by atoms with Gasteiger partial charge < -0.3 is 9.84 Å². The maximum atomic E-state index is 12.5. The van der Waals surface area contributed by atoms with Crippen LogP contribution in [0.3, 0.4) is 0 Å². The number of aryl methyl sites for hydroxylation is 1. The van der Waals surface area contributed by atoms with E-state index in [1.165, 1.54) is 4.68 Å². The SMILES string of the molecule is O=S(=O)(c1cnn2c1OCCC2)N1CC(O)(C(F)(F)F)C1. The van der Waals surface area contributed by atoms with Crippen LogP contribution in [0.2, 0.25) is 0 Å². The predicted molar refractivity (Wildman–Crippen MR) is 62.1 cm³/mol. The molecule has 7 nitrogen and oxygen atoms in total. The Kier molecular flexibility index (Phi) is 3.01. The summed E-state index contributed by atoms with van der Waals surface area (Å²) in [6.07, 6.45) is -3.14. The minimum atomic E-state index is -4.87. The normalized spacial score (nSPS) is 22.3. The van der Waals surface area contributed by atoms with Crippen LogP contribution < -0.4 is 4.74 Å². The van der Waals surface area contributed by atoms with E-state index in [0.29, 0.717) is 23.9 Å². The molecule has 3 rings (SSSR count). The number of sulfonamides is 1. The standard InChI is InChI=1S/C10H12F3N3O4S/c11-10(12,13)9(17)5-15(6-9)21(18,19)7-4-14-16-2-1-3-20-8(7)16/h4,17H,1-3,5-6H2. The van der Waals surface area contributed by atoms with Gasteiger partial charge in [0, 0.05) is 13.0 Å². The molecule has 0 amide bonds. The Morgan fingerprint density at radius 3 is 2.67 bits per heavy atom. The van der Waals surface area contributed by atoms with E-state index in [2.05, 4.69) is 5.10 Å². The van der Waals surface area contributed by atoms with Crippen molar-refractivity contribution in [2.45, 2.75) is 29.6 Å². The van der Waals surface area contributed by atoms with E-state index in [1.807, 2.05) is 0 Å². The number of aromatic nitrogens is 2. The second-order valence-corrected chi connectivity index (χ2v) is 6.95. The molecule has 2 aliphatic rings. The first-order valence-corrected chi connectivity index (χ1v) is 7.57. The minimum Gasteiger partial charge on any atom is -0.477 e. The van der Waals surface area contributed by atoms with Crippen LogP contribution in [0.4, 0.5) is 13.2 Å². The van der Waals surface area contributed by atoms with Gasteiger partial charge in [-0.3, -0.25) is 0 Å². The molecule has 1 saturated heterocycles. The number of β-amino-alcohol motifs (C(OH)–C–C–N with tert-alkyl or cyclic N) is 1. The van der Waals surface area contributed by atoms with Crippen LogP contribution in [0.1, 0.15) is 6.42 Å². The van der Waals surface area contributed by atoms with Gasteiger partial charge in [-0.2, -0.15) is 22.6 Å². The molecule has 2 aliphatic heterocycles. The number of hydrogen-bond acceptors (Lipinski definition) is 5. The molecular formula is C10H12F3N3O4S. The van der Waals surface area contributed by atoms with Crippen molar-refractivity contribution in [3.05, 3.63) is 6.20 Å². The highest BCUT2D eigenvalue weighted by Crippen LogP contribution is 2.41. The summed E-state index contributed by atoms with van der Waals surface area (Å²) in [6, 6.07) is 0. The predicted octanol–water partition coefficient (Wildman–Crippen LogP) is -0.0367. The molecule has 118 valence electrons. The smallest absolute Gasteiger partial charge is 0.419 e. The number of ether oxygens (including phenoxy) is 1. The molecule has 3 heterocycles. The van der Waals surface area contributed by atoms with E-state index >= 15 is 0 Å². The lowest BCUT2D eigenvalue weighted by Crippen LogP contribution is -2.70. The molecule has 0 aliphatic carbocycles. The summed E-state index contributed by atoms with van der Waals surface area (Å²) in [4.78, 5) is -0.272. The summed E-state index contributed by atoms with van der Waals surface area (Å²) in [5.74, 6) is 0.0312. The van der Waals surface area contributed by atoms with Crippen molar-refractivity contribution in [2.24, 2.45) is 0 Å². The summed E-state index contributed by atoms with van der Waals surface area (Å²) >= 11 is 0. The molecule has 0 spiro atoms. The second kappa shape index (κ2) is 4.34. The lowest BCUT2D eigenvalue weighted by atomic mass is 9.97. The first-order valence-electron chi connectivity index (χ1n) is 6.13. The summed E-state index contributed by atoms with van der Waals surface area (Å²) in [6.45, 7) is -1.25. The molecular weight excluding hydrogens is 315 g/mol. The maximum Gasteiger partial charge on any atom is 0.419 e. The topological polar surface area (TPSA) is 84.7 Å². The fourth-order valence-corrected chi connectivity index (χ4v) is 3.86. The molecule has 1 aromatic rings. The van der Waals surface area contributed by atoms with Crippen LogP contribution in [0.25, 0.3) is 0 Å². The van der Waals surface area contributed by atoms with E-state index in [1.54, 1.807) is 0 Å². The van der Waals surface area contributed by atoms with E-state index in [9.17, 15) is 26.7 Å². The van der Waals surface area contributed by atoms with Crippen molar-refractivity contribution in [2.75, 3.05) is 19.7 Å². The van der Waals surface area contributed by atoms with Crippen molar-refractivity contribution in [3.63, 3.8) is 0 Å². The van der Waals surface area contributed by atoms with E-state index in [-0.39, 0.29) is 10.8 Å². The van der Waals surface area contributed by atoms with Gasteiger partial charge >= 0.3 is 6.18 Å². The summed E-state index contributed by atoms with van der Waals surface area (Å²) < 4.78 is 69.3. The number of alkyl halides is 3. The number of halogens is 3. The quantitative estimate of drug-likeness (QED) is 0.824. The van der Waals surface area contributed by atoms with E-state index in [0.717, 1.165) is 6.20 Å².